The molecule has 0 saturated heterocycles. The third-order valence-electron chi connectivity index (χ3n) is 1.64. The highest BCUT2D eigenvalue weighted by Gasteiger charge is 2.25. The monoisotopic (exact) mass is 253 g/mol. The Bertz CT molecular complexity index is 292. The number of halogens is 3. The fraction of sp³-hybridized carbons (Fsp3) is 0.714. The zero-order valence-electron chi connectivity index (χ0n) is 7.39. The van der Waals surface area contributed by atoms with Gasteiger partial charge in [-0.25, -0.2) is 8.78 Å². The molecule has 0 bridgehead atoms. The minimum Gasteiger partial charge on any atom is -0.317 e. The number of rotatable bonds is 3. The number of nitrogens with zero attached hydrogens (tertiary/aromatic N) is 3. The Balaban J connectivity index is 2.84. The molecule has 0 spiro atoms. The lowest BCUT2D eigenvalue weighted by atomic mass is 10.2. The van der Waals surface area contributed by atoms with Crippen LogP contribution in [0.3, 0.4) is 0 Å². The van der Waals surface area contributed by atoms with E-state index in [9.17, 15) is 8.78 Å². The van der Waals surface area contributed by atoms with Gasteiger partial charge >= 0.3 is 0 Å². The van der Waals surface area contributed by atoms with Gasteiger partial charge in [0.2, 0.25) is 0 Å². The quantitative estimate of drug-likeness (QED) is 0.771. The molecule has 0 aromatic carbocycles. The summed E-state index contributed by atoms with van der Waals surface area (Å²) < 4.78 is 26.8. The van der Waals surface area contributed by atoms with Crippen LogP contribution in [0, 0.1) is 0 Å². The van der Waals surface area contributed by atoms with Gasteiger partial charge in [0, 0.05) is 7.05 Å². The molecule has 0 unspecified atom stereocenters. The van der Waals surface area contributed by atoms with Gasteiger partial charge in [-0.2, -0.15) is 0 Å². The van der Waals surface area contributed by atoms with E-state index in [4.69, 9.17) is 0 Å². The molecular weight excluding hydrogens is 244 g/mol. The zero-order chi connectivity index (χ0) is 10.1. The van der Waals surface area contributed by atoms with Crippen molar-refractivity contribution >= 4 is 15.9 Å². The summed E-state index contributed by atoms with van der Waals surface area (Å²) in [6.07, 6.45) is -0.372. The molecule has 1 rings (SSSR count). The van der Waals surface area contributed by atoms with Gasteiger partial charge in [-0.05, 0) is 6.92 Å². The van der Waals surface area contributed by atoms with Crippen LogP contribution in [0.15, 0.2) is 0 Å². The lowest BCUT2D eigenvalue weighted by Crippen LogP contribution is -2.17. The average Bonchev–Trinajstić information content (AvgIpc) is 2.30. The third kappa shape index (κ3) is 2.72. The molecule has 1 heterocycles. The highest BCUT2D eigenvalue weighted by atomic mass is 79.9. The fourth-order valence-electron chi connectivity index (χ4n) is 0.947. The Labute approximate surface area is 83.3 Å². The van der Waals surface area contributed by atoms with Crippen molar-refractivity contribution < 1.29 is 8.78 Å². The Morgan fingerprint density at radius 2 is 1.92 bits per heavy atom. The second-order valence-electron chi connectivity index (χ2n) is 2.97. The Kier molecular flexibility index (Phi) is 3.00. The van der Waals surface area contributed by atoms with Gasteiger partial charge < -0.3 is 4.57 Å². The van der Waals surface area contributed by atoms with E-state index in [1.807, 2.05) is 0 Å². The molecular formula is C7H10BrF2N3. The second-order valence-corrected chi connectivity index (χ2v) is 3.53. The predicted molar refractivity (Wildman–Crippen MR) is 48.0 cm³/mol. The molecule has 0 amide bonds. The van der Waals surface area contributed by atoms with E-state index in [1.165, 1.54) is 0 Å². The fourth-order valence-corrected chi connectivity index (χ4v) is 1.43. The Hall–Kier alpha value is -0.520. The van der Waals surface area contributed by atoms with Crippen LogP contribution in [0.5, 0.6) is 0 Å². The normalized spacial score (nSPS) is 12.1. The molecule has 6 heteroatoms. The molecule has 74 valence electrons. The largest absolute Gasteiger partial charge is 0.317 e. The Morgan fingerprint density at radius 1 is 1.38 bits per heavy atom. The topological polar surface area (TPSA) is 30.7 Å². The van der Waals surface area contributed by atoms with E-state index in [-0.39, 0.29) is 6.42 Å². The van der Waals surface area contributed by atoms with Crippen molar-refractivity contribution in [1.82, 2.24) is 14.8 Å². The first-order valence-electron chi connectivity index (χ1n) is 3.75. The maximum absolute atomic E-state index is 12.6. The summed E-state index contributed by atoms with van der Waals surface area (Å²) >= 11 is 3.19. The lowest BCUT2D eigenvalue weighted by molar-refractivity contribution is 0.0198. The van der Waals surface area contributed by atoms with E-state index >= 15 is 0 Å². The van der Waals surface area contributed by atoms with Gasteiger partial charge in [0.15, 0.2) is 0 Å². The van der Waals surface area contributed by atoms with Gasteiger partial charge in [0.1, 0.15) is 11.6 Å². The summed E-state index contributed by atoms with van der Waals surface area (Å²) in [5.41, 5.74) is 0. The van der Waals surface area contributed by atoms with Crippen LogP contribution >= 0.6 is 15.9 Å². The molecule has 1 aromatic rings. The van der Waals surface area contributed by atoms with Crippen LogP contribution in [-0.4, -0.2) is 20.7 Å². The van der Waals surface area contributed by atoms with Crippen molar-refractivity contribution in [3.05, 3.63) is 11.6 Å². The number of hydrogen-bond acceptors (Lipinski definition) is 2. The smallest absolute Gasteiger partial charge is 0.252 e. The number of hydrogen-bond donors (Lipinski definition) is 0. The van der Waals surface area contributed by atoms with Gasteiger partial charge in [0.05, 0.1) is 11.8 Å². The summed E-state index contributed by atoms with van der Waals surface area (Å²) in [7, 11) is 1.68. The van der Waals surface area contributed by atoms with Crippen molar-refractivity contribution in [1.29, 1.82) is 0 Å². The first kappa shape index (κ1) is 10.6. The molecule has 13 heavy (non-hydrogen) atoms. The van der Waals surface area contributed by atoms with Crippen molar-refractivity contribution in [2.75, 3.05) is 0 Å². The minimum atomic E-state index is -2.73. The highest BCUT2D eigenvalue weighted by molar-refractivity contribution is 9.08. The third-order valence-corrected chi connectivity index (χ3v) is 2.14. The van der Waals surface area contributed by atoms with E-state index in [0.717, 1.165) is 6.92 Å². The molecule has 0 aliphatic heterocycles. The summed E-state index contributed by atoms with van der Waals surface area (Å²) in [5.74, 6) is -1.77. The number of alkyl halides is 3. The molecule has 0 aliphatic carbocycles. The van der Waals surface area contributed by atoms with E-state index in [2.05, 4.69) is 26.1 Å². The average molecular weight is 254 g/mol. The van der Waals surface area contributed by atoms with Crippen LogP contribution in [0.2, 0.25) is 0 Å². The van der Waals surface area contributed by atoms with E-state index < -0.39 is 5.92 Å². The standard InChI is InChI=1S/C7H10BrF2N3/c1-7(9,10)3-5-11-12-6(4-8)13(5)2/h3-4H2,1-2H3. The van der Waals surface area contributed by atoms with Crippen molar-refractivity contribution in [2.24, 2.45) is 7.05 Å². The molecule has 3 nitrogen and oxygen atoms in total. The summed E-state index contributed by atoms with van der Waals surface area (Å²) in [5, 5.41) is 7.95. The molecule has 0 fully saturated rings. The molecule has 0 aliphatic rings. The SMILES string of the molecule is Cn1c(CBr)nnc1CC(C)(F)F. The summed E-state index contributed by atoms with van der Waals surface area (Å²) in [4.78, 5) is 0. The molecule has 0 N–H and O–H groups in total. The molecule has 0 saturated carbocycles. The number of aromatic nitrogens is 3. The summed E-state index contributed by atoms with van der Waals surface area (Å²) in [6.45, 7) is 0.871. The van der Waals surface area contributed by atoms with Crippen LogP contribution in [0.1, 0.15) is 18.6 Å². The van der Waals surface area contributed by atoms with Crippen LogP contribution in [-0.2, 0) is 18.8 Å². The maximum Gasteiger partial charge on any atom is 0.252 e. The molecule has 0 radical (unpaired) electrons. The van der Waals surface area contributed by atoms with Gasteiger partial charge in [-0.1, -0.05) is 15.9 Å². The van der Waals surface area contributed by atoms with Crippen LogP contribution < -0.4 is 0 Å². The van der Waals surface area contributed by atoms with Crippen LogP contribution in [0.25, 0.3) is 0 Å². The van der Waals surface area contributed by atoms with Crippen molar-refractivity contribution in [2.45, 2.75) is 24.6 Å². The molecule has 0 atom stereocenters. The first-order chi connectivity index (χ1) is 5.94. The molecule has 1 aromatic heterocycles. The van der Waals surface area contributed by atoms with Gasteiger partial charge in [-0.3, -0.25) is 0 Å². The maximum atomic E-state index is 12.6. The first-order valence-corrected chi connectivity index (χ1v) is 4.87. The van der Waals surface area contributed by atoms with Crippen LogP contribution in [0.4, 0.5) is 8.78 Å². The van der Waals surface area contributed by atoms with E-state index in [0.29, 0.717) is 17.0 Å². The van der Waals surface area contributed by atoms with Crippen molar-refractivity contribution in [3.8, 4) is 0 Å². The predicted octanol–water partition coefficient (Wildman–Crippen LogP) is 1.91. The Morgan fingerprint density at radius 3 is 2.31 bits per heavy atom. The van der Waals surface area contributed by atoms with Gasteiger partial charge in [0.25, 0.3) is 5.92 Å². The van der Waals surface area contributed by atoms with Gasteiger partial charge in [-0.15, -0.1) is 10.2 Å². The second kappa shape index (κ2) is 3.69. The minimum absolute atomic E-state index is 0.307. The van der Waals surface area contributed by atoms with E-state index in [1.54, 1.807) is 11.6 Å². The summed E-state index contributed by atoms with van der Waals surface area (Å²) in [6, 6.07) is 0. The highest BCUT2D eigenvalue weighted by Crippen LogP contribution is 2.18. The zero-order valence-corrected chi connectivity index (χ0v) is 8.98. The van der Waals surface area contributed by atoms with Crippen molar-refractivity contribution in [3.63, 3.8) is 0 Å². The lowest BCUT2D eigenvalue weighted by Gasteiger charge is -2.08.